The van der Waals surface area contributed by atoms with Gasteiger partial charge in [-0.2, -0.15) is 0 Å². The molecule has 0 N–H and O–H groups in total. The molecule has 4 atom stereocenters. The maximum atomic E-state index is 6.09. The molecule has 1 saturated heterocycles. The largest absolute Gasteiger partial charge is 0.350 e. The summed E-state index contributed by atoms with van der Waals surface area (Å²) < 4.78 is 12.1. The normalized spacial score (nSPS) is 36.7. The molecule has 0 spiro atoms. The lowest BCUT2D eigenvalue weighted by molar-refractivity contribution is -0.274. The van der Waals surface area contributed by atoms with Crippen molar-refractivity contribution in [1.29, 1.82) is 0 Å². The first-order valence-corrected chi connectivity index (χ1v) is 7.84. The van der Waals surface area contributed by atoms with Crippen LogP contribution >= 0.6 is 0 Å². The number of rotatable bonds is 3. The van der Waals surface area contributed by atoms with Gasteiger partial charge in [0.25, 0.3) is 0 Å². The maximum absolute atomic E-state index is 6.09. The van der Waals surface area contributed by atoms with Crippen LogP contribution < -0.4 is 0 Å². The molecule has 19 heavy (non-hydrogen) atoms. The van der Waals surface area contributed by atoms with Crippen LogP contribution in [-0.4, -0.2) is 18.0 Å². The van der Waals surface area contributed by atoms with Gasteiger partial charge in [-0.3, -0.25) is 0 Å². The standard InChI is InChI=1S/C17H30O2/c1-12-6-8-15(9-7-12)13(2)10-16-18-14(3)11-17(4,5)19-16/h6,13-16H,7-11H2,1-5H3. The van der Waals surface area contributed by atoms with Crippen molar-refractivity contribution in [3.8, 4) is 0 Å². The molecule has 1 aliphatic heterocycles. The summed E-state index contributed by atoms with van der Waals surface area (Å²) in [5.41, 5.74) is 1.52. The van der Waals surface area contributed by atoms with Crippen molar-refractivity contribution >= 4 is 0 Å². The second-order valence-corrected chi connectivity index (χ2v) is 7.26. The van der Waals surface area contributed by atoms with E-state index in [-0.39, 0.29) is 11.9 Å². The lowest BCUT2D eigenvalue weighted by atomic mass is 9.80. The van der Waals surface area contributed by atoms with Crippen LogP contribution in [0.15, 0.2) is 11.6 Å². The molecule has 0 aromatic rings. The Hall–Kier alpha value is -0.340. The zero-order chi connectivity index (χ0) is 14.0. The van der Waals surface area contributed by atoms with Gasteiger partial charge >= 0.3 is 0 Å². The van der Waals surface area contributed by atoms with Crippen molar-refractivity contribution in [3.63, 3.8) is 0 Å². The van der Waals surface area contributed by atoms with Gasteiger partial charge in [0.05, 0.1) is 11.7 Å². The Morgan fingerprint density at radius 2 is 2.16 bits per heavy atom. The highest BCUT2D eigenvalue weighted by Crippen LogP contribution is 2.35. The monoisotopic (exact) mass is 266 g/mol. The highest BCUT2D eigenvalue weighted by Gasteiger charge is 2.35. The molecular formula is C17H30O2. The minimum absolute atomic E-state index is 0.0132. The van der Waals surface area contributed by atoms with E-state index in [1.54, 1.807) is 5.57 Å². The van der Waals surface area contributed by atoms with Crippen molar-refractivity contribution in [2.75, 3.05) is 0 Å². The smallest absolute Gasteiger partial charge is 0.158 e. The molecule has 0 amide bonds. The zero-order valence-corrected chi connectivity index (χ0v) is 13.2. The summed E-state index contributed by atoms with van der Waals surface area (Å²) in [6, 6.07) is 0. The van der Waals surface area contributed by atoms with E-state index in [1.807, 2.05) is 0 Å². The third-order valence-corrected chi connectivity index (χ3v) is 4.66. The van der Waals surface area contributed by atoms with Gasteiger partial charge in [-0.15, -0.1) is 0 Å². The summed E-state index contributed by atoms with van der Waals surface area (Å²) in [6.45, 7) is 11.1. The third kappa shape index (κ3) is 4.32. The van der Waals surface area contributed by atoms with Crippen LogP contribution in [0.1, 0.15) is 66.7 Å². The first-order chi connectivity index (χ1) is 8.85. The number of allylic oxidation sites excluding steroid dienone is 2. The summed E-state index contributed by atoms with van der Waals surface area (Å²) >= 11 is 0. The van der Waals surface area contributed by atoms with Gasteiger partial charge in [-0.1, -0.05) is 18.6 Å². The van der Waals surface area contributed by atoms with Gasteiger partial charge in [0.15, 0.2) is 6.29 Å². The lowest BCUT2D eigenvalue weighted by Gasteiger charge is -2.41. The van der Waals surface area contributed by atoms with Gasteiger partial charge in [0.2, 0.25) is 0 Å². The molecule has 1 fully saturated rings. The SMILES string of the molecule is CC1=CCC(C(C)CC2OC(C)CC(C)(C)O2)CC1. The maximum Gasteiger partial charge on any atom is 0.158 e. The van der Waals surface area contributed by atoms with Crippen molar-refractivity contribution in [3.05, 3.63) is 11.6 Å². The summed E-state index contributed by atoms with van der Waals surface area (Å²) in [5.74, 6) is 1.48. The predicted molar refractivity (Wildman–Crippen MR) is 79.0 cm³/mol. The van der Waals surface area contributed by atoms with Gasteiger partial charge < -0.3 is 9.47 Å². The molecule has 0 aromatic carbocycles. The van der Waals surface area contributed by atoms with E-state index in [9.17, 15) is 0 Å². The molecule has 110 valence electrons. The number of hydrogen-bond acceptors (Lipinski definition) is 2. The summed E-state index contributed by atoms with van der Waals surface area (Å²) in [6.07, 6.45) is 8.57. The zero-order valence-electron chi connectivity index (χ0n) is 13.2. The molecule has 0 bridgehead atoms. The van der Waals surface area contributed by atoms with E-state index < -0.39 is 0 Å². The van der Waals surface area contributed by atoms with E-state index in [0.717, 1.165) is 18.8 Å². The van der Waals surface area contributed by atoms with E-state index >= 15 is 0 Å². The quantitative estimate of drug-likeness (QED) is 0.690. The van der Waals surface area contributed by atoms with Crippen LogP contribution in [0.4, 0.5) is 0 Å². The predicted octanol–water partition coefficient (Wildman–Crippen LogP) is 4.69. The minimum atomic E-state index is -0.0366. The van der Waals surface area contributed by atoms with Crippen LogP contribution in [0.5, 0.6) is 0 Å². The fraction of sp³-hybridized carbons (Fsp3) is 0.882. The number of hydrogen-bond donors (Lipinski definition) is 0. The molecule has 0 aromatic heterocycles. The molecule has 4 unspecified atom stereocenters. The fourth-order valence-corrected chi connectivity index (χ4v) is 3.53. The molecule has 0 saturated carbocycles. The Morgan fingerprint density at radius 1 is 1.42 bits per heavy atom. The first kappa shape index (κ1) is 15.1. The molecule has 1 heterocycles. The average Bonchev–Trinajstić information content (AvgIpc) is 2.26. The molecule has 2 nitrogen and oxygen atoms in total. The summed E-state index contributed by atoms with van der Waals surface area (Å²) in [4.78, 5) is 0. The lowest BCUT2D eigenvalue weighted by Crippen LogP contribution is -2.43. The molecule has 2 aliphatic rings. The highest BCUT2D eigenvalue weighted by atomic mass is 16.7. The van der Waals surface area contributed by atoms with E-state index in [1.165, 1.54) is 19.3 Å². The Morgan fingerprint density at radius 3 is 2.74 bits per heavy atom. The van der Waals surface area contributed by atoms with E-state index in [4.69, 9.17) is 9.47 Å². The molecule has 1 aliphatic carbocycles. The van der Waals surface area contributed by atoms with Gasteiger partial charge in [0.1, 0.15) is 0 Å². The van der Waals surface area contributed by atoms with Crippen LogP contribution in [-0.2, 0) is 9.47 Å². The third-order valence-electron chi connectivity index (χ3n) is 4.66. The second-order valence-electron chi connectivity index (χ2n) is 7.26. The van der Waals surface area contributed by atoms with E-state index in [0.29, 0.717) is 12.0 Å². The Kier molecular flexibility index (Phi) is 4.73. The van der Waals surface area contributed by atoms with Crippen molar-refractivity contribution in [2.24, 2.45) is 11.8 Å². The Bertz CT molecular complexity index is 332. The summed E-state index contributed by atoms with van der Waals surface area (Å²) in [5, 5.41) is 0. The fourth-order valence-electron chi connectivity index (χ4n) is 3.53. The molecule has 2 rings (SSSR count). The highest BCUT2D eigenvalue weighted by molar-refractivity contribution is 5.03. The van der Waals surface area contributed by atoms with Gasteiger partial charge in [0, 0.05) is 12.8 Å². The molecular weight excluding hydrogens is 236 g/mol. The van der Waals surface area contributed by atoms with Crippen LogP contribution in [0, 0.1) is 11.8 Å². The van der Waals surface area contributed by atoms with Crippen molar-refractivity contribution in [1.82, 2.24) is 0 Å². The Balaban J connectivity index is 1.86. The van der Waals surface area contributed by atoms with Crippen molar-refractivity contribution in [2.45, 2.75) is 84.7 Å². The van der Waals surface area contributed by atoms with E-state index in [2.05, 4.69) is 40.7 Å². The second kappa shape index (κ2) is 5.97. The van der Waals surface area contributed by atoms with Crippen LogP contribution in [0.3, 0.4) is 0 Å². The Labute approximate surface area is 118 Å². The molecule has 2 heteroatoms. The molecule has 0 radical (unpaired) electrons. The topological polar surface area (TPSA) is 18.5 Å². The number of ether oxygens (including phenoxy) is 2. The first-order valence-electron chi connectivity index (χ1n) is 7.84. The minimum Gasteiger partial charge on any atom is -0.350 e. The van der Waals surface area contributed by atoms with Crippen LogP contribution in [0.25, 0.3) is 0 Å². The van der Waals surface area contributed by atoms with Crippen LogP contribution in [0.2, 0.25) is 0 Å². The average molecular weight is 266 g/mol. The van der Waals surface area contributed by atoms with Crippen molar-refractivity contribution < 1.29 is 9.47 Å². The summed E-state index contributed by atoms with van der Waals surface area (Å²) in [7, 11) is 0. The van der Waals surface area contributed by atoms with Gasteiger partial charge in [-0.05, 0) is 58.8 Å². The van der Waals surface area contributed by atoms with Gasteiger partial charge in [-0.25, -0.2) is 0 Å².